The van der Waals surface area contributed by atoms with Crippen LogP contribution >= 0.6 is 0 Å². The number of hydrogen-bond acceptors (Lipinski definition) is 4. The third-order valence-electron chi connectivity index (χ3n) is 4.05. The van der Waals surface area contributed by atoms with Gasteiger partial charge in [-0.25, -0.2) is 4.68 Å². The molecule has 6 heteroatoms. The molecule has 0 spiro atoms. The van der Waals surface area contributed by atoms with Crippen LogP contribution in [0.2, 0.25) is 0 Å². The first-order valence-corrected chi connectivity index (χ1v) is 8.34. The first-order valence-electron chi connectivity index (χ1n) is 8.34. The van der Waals surface area contributed by atoms with Gasteiger partial charge in [0.1, 0.15) is 5.75 Å². The highest BCUT2D eigenvalue weighted by atomic mass is 16.5. The minimum Gasteiger partial charge on any atom is -0.497 e. The van der Waals surface area contributed by atoms with Gasteiger partial charge in [0.2, 0.25) is 5.91 Å². The number of nitrogens with zero attached hydrogens (tertiary/aromatic N) is 2. The minimum atomic E-state index is -0.206. The van der Waals surface area contributed by atoms with Crippen LogP contribution < -0.4 is 15.6 Å². The summed E-state index contributed by atoms with van der Waals surface area (Å²) in [6, 6.07) is 10.8. The third kappa shape index (κ3) is 4.79. The van der Waals surface area contributed by atoms with E-state index in [1.54, 1.807) is 25.3 Å². The summed E-state index contributed by atoms with van der Waals surface area (Å²) < 4.78 is 6.51. The predicted molar refractivity (Wildman–Crippen MR) is 95.5 cm³/mol. The largest absolute Gasteiger partial charge is 0.497 e. The van der Waals surface area contributed by atoms with Gasteiger partial charge in [0.15, 0.2) is 0 Å². The summed E-state index contributed by atoms with van der Waals surface area (Å²) >= 11 is 0. The molecule has 0 unspecified atom stereocenters. The zero-order valence-corrected chi connectivity index (χ0v) is 14.1. The lowest BCUT2D eigenvalue weighted by atomic mass is 10.2. The number of carbonyl (C=O) groups is 1. The van der Waals surface area contributed by atoms with Crippen molar-refractivity contribution in [3.05, 3.63) is 64.1 Å². The van der Waals surface area contributed by atoms with Crippen molar-refractivity contribution in [2.24, 2.45) is 0 Å². The molecule has 1 aromatic carbocycles. The van der Waals surface area contributed by atoms with Gasteiger partial charge in [0, 0.05) is 24.6 Å². The molecule has 1 aromatic heterocycles. The van der Waals surface area contributed by atoms with Gasteiger partial charge < -0.3 is 10.1 Å². The molecule has 0 bridgehead atoms. The lowest BCUT2D eigenvalue weighted by molar-refractivity contribution is -0.116. The maximum absolute atomic E-state index is 11.9. The molecule has 0 atom stereocenters. The second kappa shape index (κ2) is 7.79. The van der Waals surface area contributed by atoms with E-state index in [2.05, 4.69) is 10.4 Å². The number of carbonyl (C=O) groups excluding carboxylic acids is 1. The molecule has 1 aliphatic carbocycles. The number of rotatable bonds is 7. The Hall–Kier alpha value is -2.89. The summed E-state index contributed by atoms with van der Waals surface area (Å²) in [5, 5.41) is 7.13. The molecular weight excluding hydrogens is 318 g/mol. The highest BCUT2D eigenvalue weighted by molar-refractivity contribution is 5.91. The van der Waals surface area contributed by atoms with Crippen LogP contribution in [0.5, 0.6) is 5.75 Å². The van der Waals surface area contributed by atoms with Gasteiger partial charge in [-0.05, 0) is 42.7 Å². The van der Waals surface area contributed by atoms with E-state index in [-0.39, 0.29) is 11.5 Å². The van der Waals surface area contributed by atoms with Crippen LogP contribution in [0, 0.1) is 0 Å². The first-order chi connectivity index (χ1) is 12.2. The van der Waals surface area contributed by atoms with Gasteiger partial charge in [-0.2, -0.15) is 5.10 Å². The maximum atomic E-state index is 11.9. The van der Waals surface area contributed by atoms with Crippen LogP contribution in [0.3, 0.4) is 0 Å². The molecule has 1 aliphatic rings. The van der Waals surface area contributed by atoms with Crippen molar-refractivity contribution < 1.29 is 9.53 Å². The molecule has 0 aliphatic heterocycles. The summed E-state index contributed by atoms with van der Waals surface area (Å²) in [6.07, 6.45) is 5.47. The smallest absolute Gasteiger partial charge is 0.266 e. The average Bonchev–Trinajstić information content (AvgIpc) is 3.47. The topological polar surface area (TPSA) is 73.2 Å². The zero-order valence-electron chi connectivity index (χ0n) is 14.1. The van der Waals surface area contributed by atoms with Crippen LogP contribution in [0.25, 0.3) is 6.08 Å². The summed E-state index contributed by atoms with van der Waals surface area (Å²) in [7, 11) is 1.61. The van der Waals surface area contributed by atoms with E-state index >= 15 is 0 Å². The van der Waals surface area contributed by atoms with Crippen molar-refractivity contribution in [1.29, 1.82) is 0 Å². The lowest BCUT2D eigenvalue weighted by Gasteiger charge is -2.07. The highest BCUT2D eigenvalue weighted by Gasteiger charge is 2.25. The van der Waals surface area contributed by atoms with Crippen LogP contribution in [-0.2, 0) is 11.3 Å². The molecule has 25 heavy (non-hydrogen) atoms. The Morgan fingerprint density at radius 2 is 2.04 bits per heavy atom. The minimum absolute atomic E-state index is 0.146. The van der Waals surface area contributed by atoms with Crippen molar-refractivity contribution in [2.45, 2.75) is 25.3 Å². The van der Waals surface area contributed by atoms with Gasteiger partial charge in [-0.3, -0.25) is 9.59 Å². The Balaban J connectivity index is 1.49. The molecule has 3 rings (SSSR count). The zero-order chi connectivity index (χ0) is 17.6. The molecular formula is C19H21N3O3. The lowest BCUT2D eigenvalue weighted by Crippen LogP contribution is -2.31. The van der Waals surface area contributed by atoms with Gasteiger partial charge in [0.25, 0.3) is 5.56 Å². The SMILES string of the molecule is COc1ccc(/C=C/C(=O)NCCn2nc(C3CC3)ccc2=O)cc1. The maximum Gasteiger partial charge on any atom is 0.266 e. The Kier molecular flexibility index (Phi) is 5.28. The number of hydrogen-bond donors (Lipinski definition) is 1. The van der Waals surface area contributed by atoms with Crippen LogP contribution in [0.4, 0.5) is 0 Å². The normalized spacial score (nSPS) is 13.8. The molecule has 2 aromatic rings. The number of amides is 1. The van der Waals surface area contributed by atoms with E-state index in [0.29, 0.717) is 19.0 Å². The van der Waals surface area contributed by atoms with Crippen molar-refractivity contribution >= 4 is 12.0 Å². The number of aromatic nitrogens is 2. The monoisotopic (exact) mass is 339 g/mol. The summed E-state index contributed by atoms with van der Waals surface area (Å²) in [5.74, 6) is 1.06. The summed E-state index contributed by atoms with van der Waals surface area (Å²) in [5.41, 5.74) is 1.73. The fourth-order valence-corrected chi connectivity index (χ4v) is 2.45. The van der Waals surface area contributed by atoms with Gasteiger partial charge >= 0.3 is 0 Å². The van der Waals surface area contributed by atoms with Gasteiger partial charge in [-0.15, -0.1) is 0 Å². The molecule has 130 valence electrons. The molecule has 0 saturated heterocycles. The Morgan fingerprint density at radius 1 is 1.28 bits per heavy atom. The standard InChI is InChI=1S/C19H21N3O3/c1-25-16-7-2-14(3-8-16)4-10-18(23)20-12-13-22-19(24)11-9-17(21-22)15-5-6-15/h2-4,7-11,15H,5-6,12-13H2,1H3,(H,20,23)/b10-4+. The van der Waals surface area contributed by atoms with Crippen LogP contribution in [0.1, 0.15) is 30.0 Å². The fraction of sp³-hybridized carbons (Fsp3) is 0.316. The fourth-order valence-electron chi connectivity index (χ4n) is 2.45. The third-order valence-corrected chi connectivity index (χ3v) is 4.05. The van der Waals surface area contributed by atoms with Gasteiger partial charge in [-0.1, -0.05) is 12.1 Å². The highest BCUT2D eigenvalue weighted by Crippen LogP contribution is 2.38. The Labute approximate surface area is 146 Å². The molecule has 1 amide bonds. The second-order valence-corrected chi connectivity index (χ2v) is 5.99. The van der Waals surface area contributed by atoms with E-state index in [9.17, 15) is 9.59 Å². The summed E-state index contributed by atoms with van der Waals surface area (Å²) in [6.45, 7) is 0.717. The van der Waals surface area contributed by atoms with E-state index in [1.165, 1.54) is 10.8 Å². The van der Waals surface area contributed by atoms with E-state index in [1.807, 2.05) is 24.3 Å². The number of nitrogens with one attached hydrogen (secondary N) is 1. The second-order valence-electron chi connectivity index (χ2n) is 5.99. The molecule has 6 nitrogen and oxygen atoms in total. The van der Waals surface area contributed by atoms with Crippen LogP contribution in [-0.4, -0.2) is 29.3 Å². The quantitative estimate of drug-likeness (QED) is 0.783. The van der Waals surface area contributed by atoms with E-state index in [0.717, 1.165) is 29.8 Å². The average molecular weight is 339 g/mol. The van der Waals surface area contributed by atoms with Crippen molar-refractivity contribution in [3.63, 3.8) is 0 Å². The number of benzene rings is 1. The van der Waals surface area contributed by atoms with Crippen molar-refractivity contribution in [2.75, 3.05) is 13.7 Å². The van der Waals surface area contributed by atoms with Crippen LogP contribution in [0.15, 0.2) is 47.3 Å². The Morgan fingerprint density at radius 3 is 2.72 bits per heavy atom. The molecule has 1 N–H and O–H groups in total. The van der Waals surface area contributed by atoms with Crippen molar-refractivity contribution in [1.82, 2.24) is 15.1 Å². The molecule has 1 saturated carbocycles. The summed E-state index contributed by atoms with van der Waals surface area (Å²) in [4.78, 5) is 23.7. The molecule has 1 heterocycles. The number of ether oxygens (including phenoxy) is 1. The van der Waals surface area contributed by atoms with E-state index < -0.39 is 0 Å². The predicted octanol–water partition coefficient (Wildman–Crippen LogP) is 1.96. The van der Waals surface area contributed by atoms with E-state index in [4.69, 9.17) is 4.74 Å². The molecule has 0 radical (unpaired) electrons. The van der Waals surface area contributed by atoms with Gasteiger partial charge in [0.05, 0.1) is 19.3 Å². The Bertz CT molecular complexity index is 821. The number of methoxy groups -OCH3 is 1. The molecule has 1 fully saturated rings. The first kappa shape index (κ1) is 17.0. The van der Waals surface area contributed by atoms with Crippen molar-refractivity contribution in [3.8, 4) is 5.75 Å².